The summed E-state index contributed by atoms with van der Waals surface area (Å²) in [5.41, 5.74) is 5.61. The number of para-hydroxylation sites is 1. The number of phenols is 1. The number of hydrazone groups is 1. The number of benzene rings is 2. The first-order valence-corrected chi connectivity index (χ1v) is 9.67. The van der Waals surface area contributed by atoms with E-state index in [-0.39, 0.29) is 11.9 Å². The Hall–Kier alpha value is -2.44. The molecule has 1 saturated heterocycles. The Labute approximate surface area is 165 Å². The fourth-order valence-electron chi connectivity index (χ4n) is 3.05. The molecule has 2 aromatic carbocycles. The van der Waals surface area contributed by atoms with E-state index in [2.05, 4.69) is 28.0 Å². The molecule has 1 fully saturated rings. The highest BCUT2D eigenvalue weighted by Crippen LogP contribution is 2.19. The van der Waals surface area contributed by atoms with Crippen molar-refractivity contribution in [2.24, 2.45) is 5.10 Å². The predicted molar refractivity (Wildman–Crippen MR) is 112 cm³/mol. The Bertz CT molecular complexity index is 774. The summed E-state index contributed by atoms with van der Waals surface area (Å²) in [5, 5.41) is 18.3. The molecule has 3 N–H and O–H groups in total. The van der Waals surface area contributed by atoms with Crippen molar-refractivity contribution in [2.45, 2.75) is 31.8 Å². The summed E-state index contributed by atoms with van der Waals surface area (Å²) < 4.78 is 5.58. The molecule has 2 aromatic rings. The van der Waals surface area contributed by atoms with E-state index in [1.54, 1.807) is 12.1 Å². The highest BCUT2D eigenvalue weighted by Gasteiger charge is 2.15. The number of nitrogens with one attached hydrogen (secondary N) is 2. The van der Waals surface area contributed by atoms with Gasteiger partial charge in [0.25, 0.3) is 0 Å². The molecule has 27 heavy (non-hydrogen) atoms. The first-order chi connectivity index (χ1) is 13.2. The first kappa shape index (κ1) is 19.3. The van der Waals surface area contributed by atoms with Crippen LogP contribution in [0, 0.1) is 0 Å². The van der Waals surface area contributed by atoms with Gasteiger partial charge < -0.3 is 15.2 Å². The Morgan fingerprint density at radius 1 is 1.15 bits per heavy atom. The van der Waals surface area contributed by atoms with Crippen LogP contribution in [0.25, 0.3) is 0 Å². The monoisotopic (exact) mass is 383 g/mol. The Kier molecular flexibility index (Phi) is 7.19. The van der Waals surface area contributed by atoms with Crippen molar-refractivity contribution in [2.75, 3.05) is 13.2 Å². The molecule has 1 aliphatic heterocycles. The van der Waals surface area contributed by atoms with Crippen LogP contribution in [0.5, 0.6) is 5.75 Å². The minimum atomic E-state index is 0.212. The van der Waals surface area contributed by atoms with Crippen LogP contribution in [0.3, 0.4) is 0 Å². The van der Waals surface area contributed by atoms with Crippen molar-refractivity contribution in [3.8, 4) is 5.75 Å². The average molecular weight is 384 g/mol. The maximum Gasteiger partial charge on any atom is 0.187 e. The van der Waals surface area contributed by atoms with Crippen LogP contribution in [0.15, 0.2) is 59.7 Å². The lowest BCUT2D eigenvalue weighted by Gasteiger charge is -2.13. The third-order valence-electron chi connectivity index (χ3n) is 4.51. The number of aryl methyl sites for hydroxylation is 1. The van der Waals surface area contributed by atoms with Crippen LogP contribution in [0.2, 0.25) is 0 Å². The molecule has 1 atom stereocenters. The predicted octanol–water partition coefficient (Wildman–Crippen LogP) is 3.37. The summed E-state index contributed by atoms with van der Waals surface area (Å²) in [5.74, 6) is 0.212. The third kappa shape index (κ3) is 6.05. The van der Waals surface area contributed by atoms with Gasteiger partial charge in [-0.2, -0.15) is 5.10 Å². The van der Waals surface area contributed by atoms with Crippen molar-refractivity contribution in [3.63, 3.8) is 0 Å². The van der Waals surface area contributed by atoms with Crippen LogP contribution >= 0.6 is 12.2 Å². The van der Waals surface area contributed by atoms with Crippen molar-refractivity contribution in [1.29, 1.82) is 0 Å². The molecule has 1 heterocycles. The zero-order valence-electron chi connectivity index (χ0n) is 15.2. The van der Waals surface area contributed by atoms with Gasteiger partial charge in [0.1, 0.15) is 5.75 Å². The van der Waals surface area contributed by atoms with Gasteiger partial charge in [0.2, 0.25) is 0 Å². The van der Waals surface area contributed by atoms with E-state index in [0.717, 1.165) is 31.6 Å². The van der Waals surface area contributed by atoms with Gasteiger partial charge in [0.05, 0.1) is 11.8 Å². The van der Waals surface area contributed by atoms with Crippen molar-refractivity contribution in [1.82, 2.24) is 10.7 Å². The third-order valence-corrected chi connectivity index (χ3v) is 4.75. The number of phenolic OH excluding ortho intramolecular Hbond substituents is 1. The number of ether oxygens (including phenoxy) is 1. The minimum Gasteiger partial charge on any atom is -0.507 e. The summed E-state index contributed by atoms with van der Waals surface area (Å²) >= 11 is 5.32. The van der Waals surface area contributed by atoms with Gasteiger partial charge in [-0.25, -0.2) is 0 Å². The van der Waals surface area contributed by atoms with E-state index >= 15 is 0 Å². The quantitative estimate of drug-likeness (QED) is 0.389. The van der Waals surface area contributed by atoms with Crippen LogP contribution in [0.4, 0.5) is 0 Å². The topological polar surface area (TPSA) is 65.9 Å². The molecule has 0 bridgehead atoms. The molecule has 0 amide bonds. The smallest absolute Gasteiger partial charge is 0.187 e. The zero-order chi connectivity index (χ0) is 18.9. The number of hydrogen-bond acceptors (Lipinski definition) is 4. The Morgan fingerprint density at radius 3 is 2.67 bits per heavy atom. The molecule has 0 unspecified atom stereocenters. The second-order valence-corrected chi connectivity index (χ2v) is 6.93. The van der Waals surface area contributed by atoms with E-state index in [9.17, 15) is 5.11 Å². The van der Waals surface area contributed by atoms with Gasteiger partial charge in [-0.15, -0.1) is 0 Å². The lowest BCUT2D eigenvalue weighted by Crippen LogP contribution is -2.37. The molecule has 142 valence electrons. The van der Waals surface area contributed by atoms with Gasteiger partial charge in [0.15, 0.2) is 5.11 Å². The molecule has 0 aromatic heterocycles. The molecule has 0 aliphatic carbocycles. The van der Waals surface area contributed by atoms with E-state index in [0.29, 0.717) is 23.6 Å². The average Bonchev–Trinajstić information content (AvgIpc) is 3.22. The van der Waals surface area contributed by atoms with Crippen LogP contribution in [-0.2, 0) is 11.2 Å². The van der Waals surface area contributed by atoms with Gasteiger partial charge in [-0.3, -0.25) is 5.43 Å². The maximum absolute atomic E-state index is 10.2. The molecule has 5 nitrogen and oxygen atoms in total. The zero-order valence-corrected chi connectivity index (χ0v) is 16.0. The van der Waals surface area contributed by atoms with E-state index < -0.39 is 0 Å². The number of thiocarbonyl (C=S) groups is 1. The van der Waals surface area contributed by atoms with Crippen LogP contribution in [0.1, 0.15) is 30.4 Å². The minimum absolute atomic E-state index is 0.212. The largest absolute Gasteiger partial charge is 0.507 e. The maximum atomic E-state index is 10.2. The summed E-state index contributed by atoms with van der Waals surface area (Å²) in [6.45, 7) is 1.50. The molecule has 0 saturated carbocycles. The number of hydrogen-bond donors (Lipinski definition) is 3. The lowest BCUT2D eigenvalue weighted by atomic mass is 10.0. The standard InChI is InChI=1S/C21H25N3O2S/c25-20-11-5-4-10-18(20)19(13-12-16-7-2-1-3-8-16)23-24-21(27)22-15-17-9-6-14-26-17/h1-5,7-8,10-11,17,25H,6,9,12-15H2,(H2,22,24,27)/b23-19+/t17-/m0/s1. The summed E-state index contributed by atoms with van der Waals surface area (Å²) in [6.07, 6.45) is 3.87. The molecule has 6 heteroatoms. The summed E-state index contributed by atoms with van der Waals surface area (Å²) in [4.78, 5) is 0. The number of aromatic hydroxyl groups is 1. The number of rotatable bonds is 7. The molecule has 3 rings (SSSR count). The SMILES string of the molecule is Oc1ccccc1/C(CCc1ccccc1)=N/NC(=S)NC[C@@H]1CCCO1. The molecule has 0 radical (unpaired) electrons. The first-order valence-electron chi connectivity index (χ1n) is 9.26. The van der Waals surface area contributed by atoms with Gasteiger partial charge in [0, 0.05) is 18.7 Å². The van der Waals surface area contributed by atoms with E-state index in [1.807, 2.05) is 30.3 Å². The second-order valence-electron chi connectivity index (χ2n) is 6.52. The number of nitrogens with zero attached hydrogens (tertiary/aromatic N) is 1. The van der Waals surface area contributed by atoms with Gasteiger partial charge in [-0.1, -0.05) is 42.5 Å². The van der Waals surface area contributed by atoms with Crippen molar-refractivity contribution >= 4 is 23.0 Å². The normalized spacial score (nSPS) is 16.9. The van der Waals surface area contributed by atoms with Gasteiger partial charge >= 0.3 is 0 Å². The van der Waals surface area contributed by atoms with E-state index in [1.165, 1.54) is 5.56 Å². The summed E-state index contributed by atoms with van der Waals surface area (Å²) in [6, 6.07) is 17.4. The molecule has 1 aliphatic rings. The fraction of sp³-hybridized carbons (Fsp3) is 0.333. The molecular formula is C21H25N3O2S. The van der Waals surface area contributed by atoms with Crippen molar-refractivity contribution < 1.29 is 9.84 Å². The second kappa shape index (κ2) is 10.0. The Morgan fingerprint density at radius 2 is 1.93 bits per heavy atom. The molecular weight excluding hydrogens is 358 g/mol. The highest BCUT2D eigenvalue weighted by molar-refractivity contribution is 7.80. The van der Waals surface area contributed by atoms with Gasteiger partial charge in [-0.05, 0) is 55.6 Å². The highest BCUT2D eigenvalue weighted by atomic mass is 32.1. The van der Waals surface area contributed by atoms with Crippen molar-refractivity contribution in [3.05, 3.63) is 65.7 Å². The lowest BCUT2D eigenvalue weighted by molar-refractivity contribution is 0.114. The van der Waals surface area contributed by atoms with E-state index in [4.69, 9.17) is 17.0 Å². The summed E-state index contributed by atoms with van der Waals surface area (Å²) in [7, 11) is 0. The fourth-order valence-corrected chi connectivity index (χ4v) is 3.17. The van der Waals surface area contributed by atoms with Crippen LogP contribution < -0.4 is 10.7 Å². The Balaban J connectivity index is 1.64. The van der Waals surface area contributed by atoms with Crippen LogP contribution in [-0.4, -0.2) is 35.2 Å². The molecule has 0 spiro atoms.